The molecule has 0 saturated carbocycles. The second-order valence-electron chi connectivity index (χ2n) is 5.47. The molecule has 0 aliphatic carbocycles. The van der Waals surface area contributed by atoms with E-state index in [1.54, 1.807) is 20.8 Å². The largest absolute Gasteiger partial charge is 0.240 e. The van der Waals surface area contributed by atoms with E-state index in [0.717, 1.165) is 19.3 Å². The Morgan fingerprint density at radius 1 is 1.00 bits per heavy atom. The van der Waals surface area contributed by atoms with Crippen molar-refractivity contribution < 1.29 is 12.9 Å². The SMILES string of the molecule is CCCCCCCCS(=O)(=O)N(F)C(C)(C)C. The van der Waals surface area contributed by atoms with Crippen molar-refractivity contribution >= 4 is 10.0 Å². The van der Waals surface area contributed by atoms with Gasteiger partial charge in [-0.2, -0.15) is 0 Å². The summed E-state index contributed by atoms with van der Waals surface area (Å²) >= 11 is 0. The highest BCUT2D eigenvalue weighted by molar-refractivity contribution is 7.88. The molecular weight excluding hydrogens is 241 g/mol. The predicted octanol–water partition coefficient (Wildman–Crippen LogP) is 3.66. The van der Waals surface area contributed by atoms with Crippen LogP contribution in [0.2, 0.25) is 0 Å². The predicted molar refractivity (Wildman–Crippen MR) is 69.9 cm³/mol. The zero-order chi connectivity index (χ0) is 13.5. The zero-order valence-electron chi connectivity index (χ0n) is 11.5. The first-order chi connectivity index (χ1) is 7.72. The summed E-state index contributed by atoms with van der Waals surface area (Å²) in [6.07, 6.45) is 5.92. The third kappa shape index (κ3) is 6.99. The summed E-state index contributed by atoms with van der Waals surface area (Å²) in [5, 5.41) is 0. The van der Waals surface area contributed by atoms with Gasteiger partial charge in [-0.1, -0.05) is 39.0 Å². The molecule has 0 aliphatic rings. The molecule has 0 aliphatic heterocycles. The lowest BCUT2D eigenvalue weighted by Gasteiger charge is -2.25. The molecule has 0 spiro atoms. The minimum absolute atomic E-state index is 0.00789. The topological polar surface area (TPSA) is 37.4 Å². The molecule has 0 bridgehead atoms. The summed E-state index contributed by atoms with van der Waals surface area (Å²) in [4.78, 5) is 0. The molecule has 0 aromatic heterocycles. The summed E-state index contributed by atoms with van der Waals surface area (Å²) in [7, 11) is -3.74. The molecule has 104 valence electrons. The van der Waals surface area contributed by atoms with E-state index in [-0.39, 0.29) is 10.3 Å². The highest BCUT2D eigenvalue weighted by Crippen LogP contribution is 2.20. The van der Waals surface area contributed by atoms with Crippen LogP contribution in [0.5, 0.6) is 0 Å². The van der Waals surface area contributed by atoms with E-state index in [9.17, 15) is 12.9 Å². The fraction of sp³-hybridized carbons (Fsp3) is 1.00. The van der Waals surface area contributed by atoms with Crippen LogP contribution in [-0.4, -0.2) is 24.2 Å². The number of sulfonamides is 1. The maximum Gasteiger partial charge on any atom is 0.240 e. The highest BCUT2D eigenvalue weighted by atomic mass is 32.2. The molecule has 0 unspecified atom stereocenters. The third-order valence-corrected chi connectivity index (χ3v) is 4.37. The van der Waals surface area contributed by atoms with E-state index in [2.05, 4.69) is 6.92 Å². The highest BCUT2D eigenvalue weighted by Gasteiger charge is 2.32. The van der Waals surface area contributed by atoms with Crippen molar-refractivity contribution in [2.24, 2.45) is 0 Å². The van der Waals surface area contributed by atoms with Gasteiger partial charge in [-0.15, -0.1) is 4.48 Å². The van der Waals surface area contributed by atoms with Crippen LogP contribution in [0, 0.1) is 0 Å². The van der Waals surface area contributed by atoms with Crippen LogP contribution in [0.3, 0.4) is 0 Å². The number of unbranched alkanes of at least 4 members (excludes halogenated alkanes) is 5. The second kappa shape index (κ2) is 7.31. The Morgan fingerprint density at radius 3 is 1.94 bits per heavy atom. The molecule has 0 aromatic carbocycles. The lowest BCUT2D eigenvalue weighted by molar-refractivity contribution is 0.0418. The molecule has 0 rings (SSSR count). The molecule has 0 aromatic rings. The zero-order valence-corrected chi connectivity index (χ0v) is 12.3. The van der Waals surface area contributed by atoms with Crippen molar-refractivity contribution in [3.8, 4) is 0 Å². The van der Waals surface area contributed by atoms with Gasteiger partial charge in [-0.25, -0.2) is 8.42 Å². The normalized spacial score (nSPS) is 13.3. The third-order valence-electron chi connectivity index (χ3n) is 2.53. The fourth-order valence-corrected chi connectivity index (χ4v) is 3.13. The molecule has 3 nitrogen and oxygen atoms in total. The molecule has 0 atom stereocenters. The van der Waals surface area contributed by atoms with Crippen LogP contribution >= 0.6 is 0 Å². The number of hydrogen-bond acceptors (Lipinski definition) is 2. The maximum absolute atomic E-state index is 13.6. The van der Waals surface area contributed by atoms with Crippen LogP contribution in [0.4, 0.5) is 4.48 Å². The van der Waals surface area contributed by atoms with Crippen LogP contribution in [0.15, 0.2) is 0 Å². The number of nitrogens with zero attached hydrogens (tertiary/aromatic N) is 1. The quantitative estimate of drug-likeness (QED) is 0.497. The number of halogens is 1. The minimum atomic E-state index is -3.74. The number of hydrogen-bond donors (Lipinski definition) is 0. The van der Waals surface area contributed by atoms with Gasteiger partial charge in [0.25, 0.3) is 0 Å². The summed E-state index contributed by atoms with van der Waals surface area (Å²) in [5.74, 6) is -0.0904. The van der Waals surface area contributed by atoms with Crippen molar-refractivity contribution in [1.29, 1.82) is 0 Å². The lowest BCUT2D eigenvalue weighted by Crippen LogP contribution is -2.40. The Labute approximate surface area is 105 Å². The van der Waals surface area contributed by atoms with Crippen molar-refractivity contribution in [3.05, 3.63) is 0 Å². The van der Waals surface area contributed by atoms with Gasteiger partial charge in [-0.05, 0) is 31.7 Å². The van der Waals surface area contributed by atoms with E-state index in [0.29, 0.717) is 6.42 Å². The van der Waals surface area contributed by atoms with Gasteiger partial charge in [0, 0.05) is 0 Å². The fourth-order valence-electron chi connectivity index (χ4n) is 1.56. The smallest absolute Gasteiger partial charge is 0.210 e. The molecule has 0 amide bonds. The van der Waals surface area contributed by atoms with Gasteiger partial charge in [-0.3, -0.25) is 0 Å². The van der Waals surface area contributed by atoms with Crippen molar-refractivity contribution in [3.63, 3.8) is 0 Å². The first-order valence-electron chi connectivity index (χ1n) is 6.40. The molecule has 0 fully saturated rings. The van der Waals surface area contributed by atoms with Crippen LogP contribution < -0.4 is 0 Å². The Bertz CT molecular complexity index is 296. The first-order valence-corrected chi connectivity index (χ1v) is 8.01. The van der Waals surface area contributed by atoms with Gasteiger partial charge in [0.1, 0.15) is 0 Å². The van der Waals surface area contributed by atoms with Gasteiger partial charge in [0.2, 0.25) is 10.0 Å². The first kappa shape index (κ1) is 16.8. The van der Waals surface area contributed by atoms with Gasteiger partial charge in [0.15, 0.2) is 0 Å². The van der Waals surface area contributed by atoms with Crippen LogP contribution in [0.1, 0.15) is 66.2 Å². The Kier molecular flexibility index (Phi) is 7.24. The minimum Gasteiger partial charge on any atom is -0.210 e. The van der Waals surface area contributed by atoms with E-state index in [1.165, 1.54) is 12.8 Å². The van der Waals surface area contributed by atoms with E-state index in [1.807, 2.05) is 0 Å². The van der Waals surface area contributed by atoms with Gasteiger partial charge >= 0.3 is 0 Å². The molecule has 5 heteroatoms. The van der Waals surface area contributed by atoms with E-state index < -0.39 is 15.6 Å². The van der Waals surface area contributed by atoms with E-state index in [4.69, 9.17) is 0 Å². The van der Waals surface area contributed by atoms with Gasteiger partial charge in [0.05, 0.1) is 11.3 Å². The average molecular weight is 267 g/mol. The number of rotatable bonds is 8. The summed E-state index contributed by atoms with van der Waals surface area (Å²) < 4.78 is 36.8. The molecule has 0 radical (unpaired) electrons. The summed E-state index contributed by atoms with van der Waals surface area (Å²) in [5.41, 5.74) is -0.985. The summed E-state index contributed by atoms with van der Waals surface area (Å²) in [6.45, 7) is 6.78. The Hall–Kier alpha value is -0.160. The van der Waals surface area contributed by atoms with Crippen LogP contribution in [-0.2, 0) is 10.0 Å². The lowest BCUT2D eigenvalue weighted by atomic mass is 10.1. The monoisotopic (exact) mass is 267 g/mol. The van der Waals surface area contributed by atoms with Crippen molar-refractivity contribution in [1.82, 2.24) is 4.53 Å². The Balaban J connectivity index is 3.95. The molecule has 17 heavy (non-hydrogen) atoms. The second-order valence-corrected chi connectivity index (χ2v) is 7.36. The summed E-state index contributed by atoms with van der Waals surface area (Å²) in [6, 6.07) is 0. The van der Waals surface area contributed by atoms with Crippen molar-refractivity contribution in [2.75, 3.05) is 5.75 Å². The molecule has 0 heterocycles. The van der Waals surface area contributed by atoms with Crippen molar-refractivity contribution in [2.45, 2.75) is 71.8 Å². The van der Waals surface area contributed by atoms with Crippen LogP contribution in [0.25, 0.3) is 0 Å². The van der Waals surface area contributed by atoms with E-state index >= 15 is 0 Å². The Morgan fingerprint density at radius 2 is 1.47 bits per heavy atom. The molecular formula is C12H26FNO2S. The van der Waals surface area contributed by atoms with Gasteiger partial charge < -0.3 is 0 Å². The molecule has 0 N–H and O–H groups in total. The average Bonchev–Trinajstić information content (AvgIpc) is 2.20. The maximum atomic E-state index is 13.6. The standard InChI is InChI=1S/C12H26FNO2S/c1-5-6-7-8-9-10-11-17(15,16)14(13)12(2,3)4/h5-11H2,1-4H3. The molecule has 0 saturated heterocycles.